The highest BCUT2D eigenvalue weighted by Gasteiger charge is 2.17. The van der Waals surface area contributed by atoms with Crippen LogP contribution >= 0.6 is 0 Å². The Bertz CT molecular complexity index is 521. The summed E-state index contributed by atoms with van der Waals surface area (Å²) in [5.74, 6) is 0. The van der Waals surface area contributed by atoms with Gasteiger partial charge in [0.15, 0.2) is 0 Å². The summed E-state index contributed by atoms with van der Waals surface area (Å²) in [4.78, 5) is 10.1. The van der Waals surface area contributed by atoms with Crippen LogP contribution in [-0.2, 0) is 0 Å². The lowest BCUT2D eigenvalue weighted by atomic mass is 10.1. The van der Waals surface area contributed by atoms with Gasteiger partial charge < -0.3 is 9.88 Å². The molecule has 3 heteroatoms. The Balaban J connectivity index is 2.19. The number of nitrogens with zero attached hydrogens (tertiary/aromatic N) is 2. The van der Waals surface area contributed by atoms with Crippen LogP contribution in [-0.4, -0.2) is 23.1 Å². The third-order valence-corrected chi connectivity index (χ3v) is 3.70. The predicted octanol–water partition coefficient (Wildman–Crippen LogP) is 2.78. The van der Waals surface area contributed by atoms with Crippen molar-refractivity contribution in [1.29, 1.82) is 0 Å². The van der Waals surface area contributed by atoms with E-state index in [2.05, 4.69) is 34.8 Å². The van der Waals surface area contributed by atoms with Gasteiger partial charge in [-0.2, -0.15) is 0 Å². The maximum absolute atomic E-state index is 4.37. The van der Waals surface area contributed by atoms with Gasteiger partial charge in [0.1, 0.15) is 0 Å². The molecule has 1 aromatic heterocycles. The fourth-order valence-electron chi connectivity index (χ4n) is 2.61. The van der Waals surface area contributed by atoms with Crippen molar-refractivity contribution >= 4 is 16.7 Å². The van der Waals surface area contributed by atoms with Gasteiger partial charge in [0, 0.05) is 18.8 Å². The molecule has 84 valence electrons. The molecule has 2 heterocycles. The topological polar surface area (TPSA) is 31.9 Å². The Morgan fingerprint density at radius 1 is 1.19 bits per heavy atom. The number of aryl methyl sites for hydroxylation is 1. The number of H-pyrrole nitrogens is 1. The van der Waals surface area contributed by atoms with Gasteiger partial charge in [-0.3, -0.25) is 0 Å². The van der Waals surface area contributed by atoms with Gasteiger partial charge in [-0.25, -0.2) is 4.98 Å². The molecule has 0 bridgehead atoms. The van der Waals surface area contributed by atoms with Crippen molar-refractivity contribution in [3.05, 3.63) is 23.5 Å². The number of anilines is 1. The molecule has 0 saturated carbocycles. The Morgan fingerprint density at radius 3 is 2.69 bits per heavy atom. The third-order valence-electron chi connectivity index (χ3n) is 3.70. The highest BCUT2D eigenvalue weighted by molar-refractivity contribution is 5.85. The highest BCUT2D eigenvalue weighted by atomic mass is 15.1. The maximum atomic E-state index is 4.37. The first-order valence-corrected chi connectivity index (χ1v) is 5.95. The molecule has 3 nitrogen and oxygen atoms in total. The zero-order valence-electron chi connectivity index (χ0n) is 9.88. The number of hydrogen-bond acceptors (Lipinski definition) is 2. The second-order valence-corrected chi connectivity index (χ2v) is 4.64. The Labute approximate surface area is 95.5 Å². The molecule has 1 saturated heterocycles. The second kappa shape index (κ2) is 3.51. The quantitative estimate of drug-likeness (QED) is 0.793. The number of imidazole rings is 1. The minimum atomic E-state index is 1.11. The van der Waals surface area contributed by atoms with E-state index in [0.717, 1.165) is 11.0 Å². The summed E-state index contributed by atoms with van der Waals surface area (Å²) in [6.07, 6.45) is 4.42. The molecule has 1 aliphatic heterocycles. The van der Waals surface area contributed by atoms with Crippen molar-refractivity contribution in [3.63, 3.8) is 0 Å². The maximum Gasteiger partial charge on any atom is 0.0932 e. The van der Waals surface area contributed by atoms with Crippen LogP contribution in [0.4, 0.5) is 5.69 Å². The number of rotatable bonds is 1. The van der Waals surface area contributed by atoms with Gasteiger partial charge in [-0.1, -0.05) is 0 Å². The standard InChI is InChI=1S/C13H17N3/c1-9-10(2)13-11(14-8-15-13)7-12(9)16-5-3-4-6-16/h7-8H,3-6H2,1-2H3,(H,14,15). The Hall–Kier alpha value is -1.51. The van der Waals surface area contributed by atoms with Crippen molar-refractivity contribution in [1.82, 2.24) is 9.97 Å². The lowest BCUT2D eigenvalue weighted by Crippen LogP contribution is -2.19. The number of hydrogen-bond donors (Lipinski definition) is 1. The fraction of sp³-hybridized carbons (Fsp3) is 0.462. The van der Waals surface area contributed by atoms with E-state index in [9.17, 15) is 0 Å². The molecular formula is C13H17N3. The van der Waals surface area contributed by atoms with Gasteiger partial charge in [0.05, 0.1) is 17.4 Å². The van der Waals surface area contributed by atoms with Crippen LogP contribution in [0.3, 0.4) is 0 Å². The minimum Gasteiger partial charge on any atom is -0.371 e. The molecule has 1 N–H and O–H groups in total. The molecule has 2 aromatic rings. The molecule has 0 radical (unpaired) electrons. The number of aromatic amines is 1. The summed E-state index contributed by atoms with van der Waals surface area (Å²) in [6.45, 7) is 6.76. The van der Waals surface area contributed by atoms with Gasteiger partial charge in [0.2, 0.25) is 0 Å². The number of benzene rings is 1. The van der Waals surface area contributed by atoms with Crippen molar-refractivity contribution in [2.24, 2.45) is 0 Å². The summed E-state index contributed by atoms with van der Waals surface area (Å²) in [6, 6.07) is 2.25. The summed E-state index contributed by atoms with van der Waals surface area (Å²) in [5, 5.41) is 0. The van der Waals surface area contributed by atoms with E-state index in [-0.39, 0.29) is 0 Å². The normalized spacial score (nSPS) is 16.2. The summed E-state index contributed by atoms with van der Waals surface area (Å²) in [5.41, 5.74) is 6.33. The number of aromatic nitrogens is 2. The molecule has 16 heavy (non-hydrogen) atoms. The lowest BCUT2D eigenvalue weighted by Gasteiger charge is -2.21. The number of nitrogens with one attached hydrogen (secondary N) is 1. The molecule has 0 aliphatic carbocycles. The highest BCUT2D eigenvalue weighted by Crippen LogP contribution is 2.30. The molecule has 1 aliphatic rings. The van der Waals surface area contributed by atoms with Crippen molar-refractivity contribution in [2.45, 2.75) is 26.7 Å². The van der Waals surface area contributed by atoms with E-state index in [1.165, 1.54) is 42.7 Å². The van der Waals surface area contributed by atoms with Crippen LogP contribution in [0, 0.1) is 13.8 Å². The van der Waals surface area contributed by atoms with E-state index in [1.807, 2.05) is 0 Å². The molecule has 0 atom stereocenters. The molecule has 0 amide bonds. The Morgan fingerprint density at radius 2 is 1.94 bits per heavy atom. The first-order chi connectivity index (χ1) is 7.77. The minimum absolute atomic E-state index is 1.11. The second-order valence-electron chi connectivity index (χ2n) is 4.64. The molecule has 1 fully saturated rings. The van der Waals surface area contributed by atoms with Crippen LogP contribution in [0.25, 0.3) is 11.0 Å². The predicted molar refractivity (Wildman–Crippen MR) is 67.0 cm³/mol. The zero-order valence-corrected chi connectivity index (χ0v) is 9.88. The van der Waals surface area contributed by atoms with Gasteiger partial charge in [-0.15, -0.1) is 0 Å². The van der Waals surface area contributed by atoms with E-state index >= 15 is 0 Å². The van der Waals surface area contributed by atoms with E-state index in [1.54, 1.807) is 6.33 Å². The third kappa shape index (κ3) is 1.31. The van der Waals surface area contributed by atoms with Crippen LogP contribution in [0.2, 0.25) is 0 Å². The lowest BCUT2D eigenvalue weighted by molar-refractivity contribution is 0.949. The SMILES string of the molecule is Cc1c(N2CCCC2)cc2[nH]cnc2c1C. The van der Waals surface area contributed by atoms with E-state index in [0.29, 0.717) is 0 Å². The zero-order chi connectivity index (χ0) is 11.1. The van der Waals surface area contributed by atoms with Crippen LogP contribution in [0.1, 0.15) is 24.0 Å². The van der Waals surface area contributed by atoms with Crippen molar-refractivity contribution in [3.8, 4) is 0 Å². The first-order valence-electron chi connectivity index (χ1n) is 5.95. The molecule has 0 spiro atoms. The average Bonchev–Trinajstić information content (AvgIpc) is 2.92. The smallest absolute Gasteiger partial charge is 0.0932 e. The summed E-state index contributed by atoms with van der Waals surface area (Å²) >= 11 is 0. The molecule has 0 unspecified atom stereocenters. The van der Waals surface area contributed by atoms with E-state index in [4.69, 9.17) is 0 Å². The summed E-state index contributed by atoms with van der Waals surface area (Å²) < 4.78 is 0. The molecule has 1 aromatic carbocycles. The van der Waals surface area contributed by atoms with Crippen LogP contribution in [0.15, 0.2) is 12.4 Å². The van der Waals surface area contributed by atoms with Gasteiger partial charge in [-0.05, 0) is 43.9 Å². The monoisotopic (exact) mass is 215 g/mol. The first kappa shape index (κ1) is 9.70. The van der Waals surface area contributed by atoms with Gasteiger partial charge >= 0.3 is 0 Å². The van der Waals surface area contributed by atoms with Crippen LogP contribution in [0.5, 0.6) is 0 Å². The largest absolute Gasteiger partial charge is 0.371 e. The van der Waals surface area contributed by atoms with E-state index < -0.39 is 0 Å². The molecular weight excluding hydrogens is 198 g/mol. The van der Waals surface area contributed by atoms with Crippen molar-refractivity contribution < 1.29 is 0 Å². The van der Waals surface area contributed by atoms with Crippen LogP contribution < -0.4 is 4.90 Å². The van der Waals surface area contributed by atoms with Crippen molar-refractivity contribution in [2.75, 3.05) is 18.0 Å². The fourth-order valence-corrected chi connectivity index (χ4v) is 2.61. The van der Waals surface area contributed by atoms with Gasteiger partial charge in [0.25, 0.3) is 0 Å². The molecule has 3 rings (SSSR count). The Kier molecular flexibility index (Phi) is 2.13. The average molecular weight is 215 g/mol. The summed E-state index contributed by atoms with van der Waals surface area (Å²) in [7, 11) is 0. The number of fused-ring (bicyclic) bond motifs is 1.